The molecule has 0 unspecified atom stereocenters. The highest BCUT2D eigenvalue weighted by Gasteiger charge is 2.42. The Morgan fingerprint density at radius 2 is 1.02 bits per heavy atom. The maximum atomic E-state index is 10.5. The lowest BCUT2D eigenvalue weighted by molar-refractivity contribution is 0.343. The Balaban J connectivity index is 1.41. The fourth-order valence-corrected chi connectivity index (χ4v) is 8.27. The molecule has 0 aliphatic rings. The summed E-state index contributed by atoms with van der Waals surface area (Å²) in [5.74, 6) is 0.582. The van der Waals surface area contributed by atoms with E-state index in [0.717, 1.165) is 50.1 Å². The summed E-state index contributed by atoms with van der Waals surface area (Å²) in [5, 5.41) is 24.6. The topological polar surface area (TPSA) is 88.8 Å². The number of aliphatic hydroxyl groups is 1. The van der Waals surface area contributed by atoms with Gasteiger partial charge in [-0.15, -0.1) is 5.10 Å². The maximum Gasteiger partial charge on any atom is 0.182 e. The lowest BCUT2D eigenvalue weighted by Crippen LogP contribution is -2.39. The van der Waals surface area contributed by atoms with Crippen molar-refractivity contribution in [2.75, 3.05) is 11.9 Å². The Kier molecular flexibility index (Phi) is 9.94. The molecule has 6 aromatic carbocycles. The van der Waals surface area contributed by atoms with Gasteiger partial charge in [0.25, 0.3) is 0 Å². The number of pyridine rings is 2. The largest absolute Gasteiger partial charge is 0.392 e. The second-order valence-corrected chi connectivity index (χ2v) is 14.1. The van der Waals surface area contributed by atoms with Gasteiger partial charge in [0.15, 0.2) is 5.65 Å². The minimum atomic E-state index is -0.994. The summed E-state index contributed by atoms with van der Waals surface area (Å²) in [7, 11) is 0. The van der Waals surface area contributed by atoms with E-state index in [1.165, 1.54) is 0 Å². The standard InChI is InChI=1S/C51H40N6O/c58-35-33-45(38-20-19-34-52-37-38)46-36-47(54-50(39-21-7-1-8-22-39,40-23-9-2-10-24-40)41-25-11-3-12-26-41)53-49-48(46)55-56-57(49)51(42-27-13-4-14-28-42,43-29-15-5-16-30-43)44-31-17-6-18-32-44/h1-34,36-37,58H,35H2,(H,53,54)/b45-33-. The van der Waals surface area contributed by atoms with Crippen LogP contribution < -0.4 is 5.32 Å². The number of hydrogen-bond donors (Lipinski definition) is 2. The van der Waals surface area contributed by atoms with Gasteiger partial charge in [0, 0.05) is 23.5 Å². The van der Waals surface area contributed by atoms with E-state index in [9.17, 15) is 5.11 Å². The molecule has 3 aromatic heterocycles. The van der Waals surface area contributed by atoms with Gasteiger partial charge < -0.3 is 10.4 Å². The van der Waals surface area contributed by atoms with Crippen molar-refractivity contribution in [2.24, 2.45) is 0 Å². The third-order valence-electron chi connectivity index (χ3n) is 10.8. The molecule has 7 heteroatoms. The molecule has 0 atom stereocenters. The predicted octanol–water partition coefficient (Wildman–Crippen LogP) is 9.89. The van der Waals surface area contributed by atoms with Crippen LogP contribution in [0.15, 0.2) is 219 Å². The van der Waals surface area contributed by atoms with E-state index < -0.39 is 11.1 Å². The van der Waals surface area contributed by atoms with E-state index in [2.05, 4.69) is 156 Å². The molecular weight excluding hydrogens is 713 g/mol. The first-order chi connectivity index (χ1) is 28.7. The van der Waals surface area contributed by atoms with Gasteiger partial charge in [0.2, 0.25) is 0 Å². The second-order valence-electron chi connectivity index (χ2n) is 14.1. The number of nitrogens with one attached hydrogen (secondary N) is 1. The predicted molar refractivity (Wildman–Crippen MR) is 231 cm³/mol. The molecule has 0 spiro atoms. The summed E-state index contributed by atoms with van der Waals surface area (Å²) >= 11 is 0. The quantitative estimate of drug-likeness (QED) is 0.121. The number of aliphatic hydroxyl groups excluding tert-OH is 1. The SMILES string of the molecule is OC/C=C(/c1cccnc1)c1cc(NC(c2ccccc2)(c2ccccc2)c2ccccc2)nc2c1nnn2C(c1ccccc1)(c1ccccc1)c1ccccc1. The van der Waals surface area contributed by atoms with E-state index in [1.807, 2.05) is 59.3 Å². The van der Waals surface area contributed by atoms with Crippen LogP contribution in [0.3, 0.4) is 0 Å². The van der Waals surface area contributed by atoms with Crippen molar-refractivity contribution in [2.45, 2.75) is 11.1 Å². The Hall–Kier alpha value is -7.48. The molecule has 0 fully saturated rings. The van der Waals surface area contributed by atoms with E-state index in [4.69, 9.17) is 15.3 Å². The summed E-state index contributed by atoms with van der Waals surface area (Å²) in [5.41, 5.74) is 7.65. The summed E-state index contributed by atoms with van der Waals surface area (Å²) < 4.78 is 1.96. The Morgan fingerprint density at radius 3 is 1.43 bits per heavy atom. The number of benzene rings is 6. The molecule has 0 aliphatic heterocycles. The monoisotopic (exact) mass is 752 g/mol. The van der Waals surface area contributed by atoms with Gasteiger partial charge in [-0.2, -0.15) is 0 Å². The summed E-state index contributed by atoms with van der Waals surface area (Å²) in [4.78, 5) is 10.0. The highest BCUT2D eigenvalue weighted by molar-refractivity contribution is 5.94. The van der Waals surface area contributed by atoms with Crippen molar-refractivity contribution in [3.63, 3.8) is 0 Å². The number of rotatable bonds is 12. The maximum absolute atomic E-state index is 10.5. The molecule has 3 heterocycles. The van der Waals surface area contributed by atoms with Crippen LogP contribution in [0.5, 0.6) is 0 Å². The molecular formula is C51H40N6O. The van der Waals surface area contributed by atoms with Gasteiger partial charge in [-0.3, -0.25) is 4.98 Å². The van der Waals surface area contributed by atoms with E-state index in [0.29, 0.717) is 17.0 Å². The van der Waals surface area contributed by atoms with Crippen molar-refractivity contribution >= 4 is 22.6 Å². The van der Waals surface area contributed by atoms with Crippen molar-refractivity contribution in [1.82, 2.24) is 25.0 Å². The average molecular weight is 753 g/mol. The first kappa shape index (κ1) is 36.2. The number of nitrogens with zero attached hydrogens (tertiary/aromatic N) is 5. The molecule has 9 aromatic rings. The first-order valence-electron chi connectivity index (χ1n) is 19.3. The smallest absolute Gasteiger partial charge is 0.182 e. The third kappa shape index (κ3) is 6.33. The average Bonchev–Trinajstić information content (AvgIpc) is 3.74. The summed E-state index contributed by atoms with van der Waals surface area (Å²) in [6.45, 7) is -0.199. The number of hydrogen-bond acceptors (Lipinski definition) is 6. The lowest BCUT2D eigenvalue weighted by atomic mass is 9.77. The first-order valence-corrected chi connectivity index (χ1v) is 19.3. The fourth-order valence-electron chi connectivity index (χ4n) is 8.27. The molecule has 2 N–H and O–H groups in total. The molecule has 0 amide bonds. The minimum absolute atomic E-state index is 0.199. The minimum Gasteiger partial charge on any atom is -0.392 e. The van der Waals surface area contributed by atoms with Crippen LogP contribution in [0.4, 0.5) is 5.82 Å². The van der Waals surface area contributed by atoms with Crippen LogP contribution in [0.2, 0.25) is 0 Å². The molecule has 280 valence electrons. The zero-order chi connectivity index (χ0) is 39.2. The van der Waals surface area contributed by atoms with Crippen molar-refractivity contribution in [3.05, 3.63) is 263 Å². The molecule has 58 heavy (non-hydrogen) atoms. The zero-order valence-corrected chi connectivity index (χ0v) is 31.7. The fraction of sp³-hybridized carbons (Fsp3) is 0.0588. The van der Waals surface area contributed by atoms with E-state index in [1.54, 1.807) is 18.5 Å². The molecule has 0 saturated heterocycles. The number of anilines is 1. The van der Waals surface area contributed by atoms with Gasteiger partial charge in [0.05, 0.1) is 6.61 Å². The summed E-state index contributed by atoms with van der Waals surface area (Å²) in [6, 6.07) is 68.5. The van der Waals surface area contributed by atoms with Gasteiger partial charge in [-0.25, -0.2) is 9.67 Å². The van der Waals surface area contributed by atoms with Gasteiger partial charge in [-0.1, -0.05) is 199 Å². The van der Waals surface area contributed by atoms with Crippen LogP contribution in [-0.4, -0.2) is 36.7 Å². The molecule has 0 radical (unpaired) electrons. The molecule has 9 rings (SSSR count). The Bertz CT molecular complexity index is 2570. The zero-order valence-electron chi connectivity index (χ0n) is 31.7. The van der Waals surface area contributed by atoms with E-state index >= 15 is 0 Å². The van der Waals surface area contributed by atoms with Crippen LogP contribution in [-0.2, 0) is 11.1 Å². The highest BCUT2D eigenvalue weighted by atomic mass is 16.2. The van der Waals surface area contributed by atoms with E-state index in [-0.39, 0.29) is 6.61 Å². The van der Waals surface area contributed by atoms with Gasteiger partial charge in [-0.05, 0) is 51.1 Å². The normalized spacial score (nSPS) is 12.1. The van der Waals surface area contributed by atoms with Crippen LogP contribution in [0.25, 0.3) is 16.7 Å². The Labute approximate surface area is 337 Å². The van der Waals surface area contributed by atoms with Crippen molar-refractivity contribution < 1.29 is 5.11 Å². The number of aromatic nitrogens is 5. The van der Waals surface area contributed by atoms with Crippen molar-refractivity contribution in [1.29, 1.82) is 0 Å². The molecule has 7 nitrogen and oxygen atoms in total. The van der Waals surface area contributed by atoms with Crippen LogP contribution in [0, 0.1) is 0 Å². The Morgan fingerprint density at radius 1 is 0.569 bits per heavy atom. The van der Waals surface area contributed by atoms with Gasteiger partial charge in [0.1, 0.15) is 22.4 Å². The highest BCUT2D eigenvalue weighted by Crippen LogP contribution is 2.44. The molecule has 0 aliphatic carbocycles. The van der Waals surface area contributed by atoms with Crippen molar-refractivity contribution in [3.8, 4) is 0 Å². The summed E-state index contributed by atoms with van der Waals surface area (Å²) in [6.07, 6.45) is 5.34. The second kappa shape index (κ2) is 15.9. The lowest BCUT2D eigenvalue weighted by Gasteiger charge is -2.38. The number of fused-ring (bicyclic) bond motifs is 1. The van der Waals surface area contributed by atoms with Crippen LogP contribution >= 0.6 is 0 Å². The molecule has 0 bridgehead atoms. The third-order valence-corrected chi connectivity index (χ3v) is 10.8. The molecule has 0 saturated carbocycles. The van der Waals surface area contributed by atoms with Gasteiger partial charge >= 0.3 is 0 Å². The van der Waals surface area contributed by atoms with Crippen LogP contribution in [0.1, 0.15) is 44.5 Å².